The number of amides is 1. The summed E-state index contributed by atoms with van der Waals surface area (Å²) in [6, 6.07) is 14.2. The Hall–Kier alpha value is -2.36. The average molecular weight is 281 g/mol. The number of nitrogens with one attached hydrogen (secondary N) is 1. The maximum Gasteiger partial charge on any atom is 0.253 e. The number of anilines is 1. The first-order chi connectivity index (χ1) is 10.1. The molecule has 1 aliphatic rings. The summed E-state index contributed by atoms with van der Waals surface area (Å²) in [5, 5.41) is 3.07. The molecule has 1 saturated carbocycles. The van der Waals surface area contributed by atoms with Crippen molar-refractivity contribution in [1.29, 1.82) is 0 Å². The molecule has 1 fully saturated rings. The van der Waals surface area contributed by atoms with Gasteiger partial charge in [0.05, 0.1) is 5.56 Å². The first-order valence-electron chi connectivity index (χ1n) is 7.14. The molecule has 1 heterocycles. The minimum absolute atomic E-state index is 0.0452. The van der Waals surface area contributed by atoms with E-state index in [4.69, 9.17) is 0 Å². The third-order valence-corrected chi connectivity index (χ3v) is 3.80. The van der Waals surface area contributed by atoms with Gasteiger partial charge < -0.3 is 10.2 Å². The van der Waals surface area contributed by atoms with Gasteiger partial charge in [0.2, 0.25) is 0 Å². The van der Waals surface area contributed by atoms with Crippen molar-refractivity contribution in [3.05, 3.63) is 59.8 Å². The van der Waals surface area contributed by atoms with Crippen LogP contribution >= 0.6 is 0 Å². The summed E-state index contributed by atoms with van der Waals surface area (Å²) in [7, 11) is 3.85. The van der Waals surface area contributed by atoms with Crippen LogP contribution in [0.1, 0.15) is 28.3 Å². The fourth-order valence-electron chi connectivity index (χ4n) is 2.46. The molecule has 2 atom stereocenters. The second-order valence-electron chi connectivity index (χ2n) is 5.63. The maximum absolute atomic E-state index is 12.2. The van der Waals surface area contributed by atoms with E-state index in [-0.39, 0.29) is 11.9 Å². The highest BCUT2D eigenvalue weighted by Gasteiger charge is 2.39. The summed E-state index contributed by atoms with van der Waals surface area (Å²) in [4.78, 5) is 18.4. The first kappa shape index (κ1) is 13.6. The van der Waals surface area contributed by atoms with Crippen molar-refractivity contribution in [1.82, 2.24) is 10.3 Å². The molecule has 0 spiro atoms. The molecular formula is C17H19N3O. The molecule has 1 aliphatic carbocycles. The lowest BCUT2D eigenvalue weighted by atomic mass is 10.1. The van der Waals surface area contributed by atoms with Crippen molar-refractivity contribution in [2.45, 2.75) is 18.4 Å². The Morgan fingerprint density at radius 1 is 1.19 bits per heavy atom. The Balaban J connectivity index is 1.60. The number of benzene rings is 1. The van der Waals surface area contributed by atoms with E-state index < -0.39 is 0 Å². The molecular weight excluding hydrogens is 262 g/mol. The number of pyridine rings is 1. The third kappa shape index (κ3) is 3.05. The van der Waals surface area contributed by atoms with E-state index in [1.165, 1.54) is 5.56 Å². The van der Waals surface area contributed by atoms with Crippen molar-refractivity contribution in [2.75, 3.05) is 19.0 Å². The monoisotopic (exact) mass is 281 g/mol. The van der Waals surface area contributed by atoms with Crippen molar-refractivity contribution < 1.29 is 4.79 Å². The smallest absolute Gasteiger partial charge is 0.253 e. The number of hydrogen-bond donors (Lipinski definition) is 1. The average Bonchev–Trinajstić information content (AvgIpc) is 3.27. The highest BCUT2D eigenvalue weighted by molar-refractivity contribution is 5.94. The van der Waals surface area contributed by atoms with Gasteiger partial charge in [-0.15, -0.1) is 0 Å². The minimum Gasteiger partial charge on any atom is -0.363 e. The molecule has 4 heteroatoms. The molecule has 0 aliphatic heterocycles. The van der Waals surface area contributed by atoms with E-state index in [1.54, 1.807) is 6.20 Å². The lowest BCUT2D eigenvalue weighted by Gasteiger charge is -2.11. The molecule has 1 aromatic heterocycles. The van der Waals surface area contributed by atoms with Crippen LogP contribution in [-0.2, 0) is 0 Å². The Kier molecular flexibility index (Phi) is 3.60. The zero-order valence-electron chi connectivity index (χ0n) is 12.3. The largest absolute Gasteiger partial charge is 0.363 e. The van der Waals surface area contributed by atoms with E-state index in [9.17, 15) is 4.79 Å². The van der Waals surface area contributed by atoms with Crippen LogP contribution in [0.3, 0.4) is 0 Å². The van der Waals surface area contributed by atoms with Gasteiger partial charge in [-0.1, -0.05) is 30.3 Å². The lowest BCUT2D eigenvalue weighted by Crippen LogP contribution is -2.26. The van der Waals surface area contributed by atoms with Gasteiger partial charge in [-0.3, -0.25) is 4.79 Å². The predicted molar refractivity (Wildman–Crippen MR) is 83.6 cm³/mol. The van der Waals surface area contributed by atoms with Gasteiger partial charge in [0.25, 0.3) is 5.91 Å². The van der Waals surface area contributed by atoms with Crippen LogP contribution < -0.4 is 10.2 Å². The van der Waals surface area contributed by atoms with E-state index in [0.29, 0.717) is 11.5 Å². The van der Waals surface area contributed by atoms with E-state index in [2.05, 4.69) is 22.4 Å². The molecule has 4 nitrogen and oxygen atoms in total. The van der Waals surface area contributed by atoms with Crippen LogP contribution in [-0.4, -0.2) is 31.0 Å². The summed E-state index contributed by atoms with van der Waals surface area (Å²) in [5.41, 5.74) is 1.91. The molecule has 0 saturated heterocycles. The van der Waals surface area contributed by atoms with Gasteiger partial charge in [-0.25, -0.2) is 4.98 Å². The van der Waals surface area contributed by atoms with Gasteiger partial charge in [-0.05, 0) is 24.1 Å². The Morgan fingerprint density at radius 2 is 1.95 bits per heavy atom. The molecule has 0 radical (unpaired) electrons. The van der Waals surface area contributed by atoms with E-state index in [1.807, 2.05) is 49.3 Å². The van der Waals surface area contributed by atoms with Crippen molar-refractivity contribution >= 4 is 11.7 Å². The SMILES string of the molecule is CN(C)c1ccc(C(=O)N[C@@H]2C[C@@H]2c2ccccc2)cn1. The summed E-state index contributed by atoms with van der Waals surface area (Å²) in [6.07, 6.45) is 2.64. The van der Waals surface area contributed by atoms with Crippen LogP contribution in [0.4, 0.5) is 5.82 Å². The third-order valence-electron chi connectivity index (χ3n) is 3.80. The first-order valence-corrected chi connectivity index (χ1v) is 7.14. The summed E-state index contributed by atoms with van der Waals surface area (Å²) in [6.45, 7) is 0. The Labute approximate surface area is 124 Å². The number of rotatable bonds is 4. The van der Waals surface area contributed by atoms with Crippen LogP contribution in [0.2, 0.25) is 0 Å². The Morgan fingerprint density at radius 3 is 2.57 bits per heavy atom. The van der Waals surface area contributed by atoms with Crippen LogP contribution in [0, 0.1) is 0 Å². The molecule has 3 rings (SSSR count). The van der Waals surface area contributed by atoms with Gasteiger partial charge in [0.15, 0.2) is 0 Å². The number of carbonyl (C=O) groups is 1. The normalized spacial score (nSPS) is 19.9. The molecule has 2 aromatic rings. The zero-order valence-corrected chi connectivity index (χ0v) is 12.3. The van der Waals surface area contributed by atoms with Gasteiger partial charge in [-0.2, -0.15) is 0 Å². The molecule has 1 aromatic carbocycles. The van der Waals surface area contributed by atoms with Crippen molar-refractivity contribution in [3.8, 4) is 0 Å². The zero-order chi connectivity index (χ0) is 14.8. The topological polar surface area (TPSA) is 45.2 Å². The fraction of sp³-hybridized carbons (Fsp3) is 0.294. The molecule has 21 heavy (non-hydrogen) atoms. The second-order valence-corrected chi connectivity index (χ2v) is 5.63. The minimum atomic E-state index is -0.0452. The van der Waals surface area contributed by atoms with E-state index in [0.717, 1.165) is 12.2 Å². The lowest BCUT2D eigenvalue weighted by molar-refractivity contribution is 0.0950. The highest BCUT2D eigenvalue weighted by Crippen LogP contribution is 2.40. The fourth-order valence-corrected chi connectivity index (χ4v) is 2.46. The van der Waals surface area contributed by atoms with Crippen molar-refractivity contribution in [3.63, 3.8) is 0 Å². The molecule has 108 valence electrons. The maximum atomic E-state index is 12.2. The van der Waals surface area contributed by atoms with Gasteiger partial charge in [0, 0.05) is 32.3 Å². The number of hydrogen-bond acceptors (Lipinski definition) is 3. The van der Waals surface area contributed by atoms with E-state index >= 15 is 0 Å². The second kappa shape index (κ2) is 5.56. The molecule has 1 N–H and O–H groups in total. The standard InChI is InChI=1S/C17H19N3O/c1-20(2)16-9-8-13(11-18-16)17(21)19-15-10-14(15)12-6-4-3-5-7-12/h3-9,11,14-15H,10H2,1-2H3,(H,19,21)/t14-,15-/m1/s1. The summed E-state index contributed by atoms with van der Waals surface area (Å²) >= 11 is 0. The summed E-state index contributed by atoms with van der Waals surface area (Å²) in [5.74, 6) is 1.25. The van der Waals surface area contributed by atoms with Crippen LogP contribution in [0.5, 0.6) is 0 Å². The summed E-state index contributed by atoms with van der Waals surface area (Å²) < 4.78 is 0. The molecule has 0 unspecified atom stereocenters. The van der Waals surface area contributed by atoms with Gasteiger partial charge in [0.1, 0.15) is 5.82 Å². The predicted octanol–water partition coefficient (Wildman–Crippen LogP) is 2.43. The number of aromatic nitrogens is 1. The highest BCUT2D eigenvalue weighted by atomic mass is 16.1. The van der Waals surface area contributed by atoms with Crippen molar-refractivity contribution in [2.24, 2.45) is 0 Å². The Bertz CT molecular complexity index is 622. The number of carbonyl (C=O) groups excluding carboxylic acids is 1. The quantitative estimate of drug-likeness (QED) is 0.936. The van der Waals surface area contributed by atoms with Gasteiger partial charge >= 0.3 is 0 Å². The van der Waals surface area contributed by atoms with Crippen LogP contribution in [0.15, 0.2) is 48.7 Å². The number of nitrogens with zero attached hydrogens (tertiary/aromatic N) is 2. The molecule has 1 amide bonds. The van der Waals surface area contributed by atoms with Crippen LogP contribution in [0.25, 0.3) is 0 Å². The molecule has 0 bridgehead atoms.